The topological polar surface area (TPSA) is 121 Å². The smallest absolute Gasteiger partial charge is 0.486 e. The number of ether oxygens (including phenoxy) is 2. The van der Waals surface area contributed by atoms with Crippen LogP contribution in [-0.2, 0) is 6.61 Å². The van der Waals surface area contributed by atoms with Gasteiger partial charge in [0.05, 0.1) is 0 Å². The lowest BCUT2D eigenvalue weighted by molar-refractivity contribution is -0.274. The molecule has 2 aromatic rings. The molecule has 0 spiro atoms. The van der Waals surface area contributed by atoms with Crippen LogP contribution in [0.15, 0.2) is 30.3 Å². The predicted octanol–water partition coefficient (Wildman–Crippen LogP) is 2.01. The van der Waals surface area contributed by atoms with E-state index < -0.39 is 6.36 Å². The maximum absolute atomic E-state index is 12.2. The second kappa shape index (κ2) is 6.48. The molecule has 0 atom stereocenters. The quantitative estimate of drug-likeness (QED) is 0.489. The van der Waals surface area contributed by atoms with Crippen molar-refractivity contribution in [1.82, 2.24) is 4.98 Å². The second-order valence-corrected chi connectivity index (χ2v) is 4.44. The van der Waals surface area contributed by atoms with Crippen molar-refractivity contribution in [3.8, 4) is 11.5 Å². The number of hydrogen-bond acceptors (Lipinski definition) is 7. The minimum absolute atomic E-state index is 0.0489. The van der Waals surface area contributed by atoms with E-state index in [0.29, 0.717) is 5.56 Å². The second-order valence-electron chi connectivity index (χ2n) is 4.44. The molecule has 0 aliphatic rings. The highest BCUT2D eigenvalue weighted by Crippen LogP contribution is 2.30. The van der Waals surface area contributed by atoms with Crippen LogP contribution in [0, 0.1) is 0 Å². The maximum Gasteiger partial charge on any atom is 0.573 e. The van der Waals surface area contributed by atoms with Gasteiger partial charge in [0.15, 0.2) is 5.82 Å². The first-order valence-electron chi connectivity index (χ1n) is 6.28. The number of alkyl halides is 3. The van der Waals surface area contributed by atoms with Crippen molar-refractivity contribution in [2.75, 3.05) is 16.9 Å². The van der Waals surface area contributed by atoms with Crippen molar-refractivity contribution in [3.05, 3.63) is 35.9 Å². The molecule has 0 radical (unpaired) electrons. The first-order chi connectivity index (χ1) is 10.8. The largest absolute Gasteiger partial charge is 0.573 e. The molecular weight excluding hydrogens is 315 g/mol. The van der Waals surface area contributed by atoms with E-state index in [4.69, 9.17) is 22.0 Å². The summed E-state index contributed by atoms with van der Waals surface area (Å²) in [4.78, 5) is 3.85. The van der Waals surface area contributed by atoms with Gasteiger partial charge >= 0.3 is 6.36 Å². The summed E-state index contributed by atoms with van der Waals surface area (Å²) in [6.45, 7) is -0.0489. The number of aromatic nitrogens is 1. The molecular formula is C13H14F3N5O2. The van der Waals surface area contributed by atoms with Crippen molar-refractivity contribution in [2.45, 2.75) is 13.0 Å². The Morgan fingerprint density at radius 3 is 2.57 bits per heavy atom. The Bertz CT molecular complexity index is 694. The SMILES string of the molecule is NNc1nc(N)cc(OCc2cccc(OC(F)(F)F)c2)c1N. The van der Waals surface area contributed by atoms with Crippen LogP contribution in [0.25, 0.3) is 0 Å². The molecule has 0 fully saturated rings. The lowest BCUT2D eigenvalue weighted by Gasteiger charge is -2.13. The van der Waals surface area contributed by atoms with Crippen molar-refractivity contribution in [2.24, 2.45) is 5.84 Å². The maximum atomic E-state index is 12.2. The van der Waals surface area contributed by atoms with Gasteiger partial charge in [-0.05, 0) is 17.7 Å². The third-order valence-electron chi connectivity index (χ3n) is 2.70. The van der Waals surface area contributed by atoms with E-state index in [1.54, 1.807) is 6.07 Å². The summed E-state index contributed by atoms with van der Waals surface area (Å²) in [6, 6.07) is 6.76. The first-order valence-corrected chi connectivity index (χ1v) is 6.28. The van der Waals surface area contributed by atoms with Crippen LogP contribution < -0.4 is 32.2 Å². The van der Waals surface area contributed by atoms with Crippen LogP contribution in [-0.4, -0.2) is 11.3 Å². The molecule has 10 heteroatoms. The number of benzene rings is 1. The molecule has 0 saturated carbocycles. The summed E-state index contributed by atoms with van der Waals surface area (Å²) in [5, 5.41) is 0. The van der Waals surface area contributed by atoms with Crippen LogP contribution in [0.2, 0.25) is 0 Å². The number of halogens is 3. The molecule has 0 aliphatic heterocycles. The van der Waals surface area contributed by atoms with Crippen molar-refractivity contribution >= 4 is 17.3 Å². The minimum atomic E-state index is -4.76. The van der Waals surface area contributed by atoms with Crippen LogP contribution in [0.3, 0.4) is 0 Å². The fourth-order valence-corrected chi connectivity index (χ4v) is 1.77. The number of rotatable bonds is 5. The predicted molar refractivity (Wildman–Crippen MR) is 78.3 cm³/mol. The molecule has 0 bridgehead atoms. The third kappa shape index (κ3) is 4.54. The molecule has 0 unspecified atom stereocenters. The van der Waals surface area contributed by atoms with Gasteiger partial charge in [-0.1, -0.05) is 12.1 Å². The average Bonchev–Trinajstić information content (AvgIpc) is 2.46. The van der Waals surface area contributed by atoms with E-state index in [9.17, 15) is 13.2 Å². The number of nitrogens with one attached hydrogen (secondary N) is 1. The van der Waals surface area contributed by atoms with Gasteiger partial charge in [0, 0.05) is 6.07 Å². The Labute approximate surface area is 129 Å². The van der Waals surface area contributed by atoms with Gasteiger partial charge in [-0.3, -0.25) is 0 Å². The Balaban J connectivity index is 2.12. The standard InChI is InChI=1S/C13H14F3N5O2/c14-13(15,16)23-8-3-1-2-7(4-8)6-22-9-5-10(17)20-12(21-19)11(9)18/h1-5H,6,18-19H2,(H3,17,20,21). The number of nitrogens with two attached hydrogens (primary N) is 3. The van der Waals surface area contributed by atoms with Crippen LogP contribution in [0.4, 0.5) is 30.5 Å². The van der Waals surface area contributed by atoms with E-state index in [-0.39, 0.29) is 35.4 Å². The summed E-state index contributed by atoms with van der Waals surface area (Å²) < 4.78 is 45.9. The van der Waals surface area contributed by atoms with E-state index in [1.165, 1.54) is 24.3 Å². The monoisotopic (exact) mass is 329 g/mol. The zero-order chi connectivity index (χ0) is 17.0. The number of nitrogen functional groups attached to an aromatic ring is 3. The van der Waals surface area contributed by atoms with E-state index in [2.05, 4.69) is 15.1 Å². The van der Waals surface area contributed by atoms with Crippen molar-refractivity contribution in [1.29, 1.82) is 0 Å². The van der Waals surface area contributed by atoms with Gasteiger partial charge in [0.1, 0.15) is 29.6 Å². The third-order valence-corrected chi connectivity index (χ3v) is 2.70. The van der Waals surface area contributed by atoms with Gasteiger partial charge in [-0.2, -0.15) is 0 Å². The van der Waals surface area contributed by atoms with Gasteiger partial charge in [-0.25, -0.2) is 10.8 Å². The summed E-state index contributed by atoms with van der Waals surface area (Å²) in [5.74, 6) is 5.36. The molecule has 1 heterocycles. The molecule has 1 aromatic carbocycles. The zero-order valence-corrected chi connectivity index (χ0v) is 11.7. The van der Waals surface area contributed by atoms with Gasteiger partial charge in [0.25, 0.3) is 0 Å². The Kier molecular flexibility index (Phi) is 4.65. The highest BCUT2D eigenvalue weighted by Gasteiger charge is 2.31. The Morgan fingerprint density at radius 2 is 1.91 bits per heavy atom. The fourth-order valence-electron chi connectivity index (χ4n) is 1.77. The molecule has 23 heavy (non-hydrogen) atoms. The molecule has 0 saturated heterocycles. The van der Waals surface area contributed by atoms with Crippen molar-refractivity contribution < 1.29 is 22.6 Å². The van der Waals surface area contributed by atoms with Crippen LogP contribution in [0.5, 0.6) is 11.5 Å². The summed E-state index contributed by atoms with van der Waals surface area (Å²) >= 11 is 0. The van der Waals surface area contributed by atoms with Crippen LogP contribution >= 0.6 is 0 Å². The number of nitrogens with zero attached hydrogens (tertiary/aromatic N) is 1. The molecule has 7 nitrogen and oxygen atoms in total. The highest BCUT2D eigenvalue weighted by atomic mass is 19.4. The highest BCUT2D eigenvalue weighted by molar-refractivity contribution is 5.71. The fraction of sp³-hybridized carbons (Fsp3) is 0.154. The van der Waals surface area contributed by atoms with E-state index >= 15 is 0 Å². The van der Waals surface area contributed by atoms with E-state index in [1.807, 2.05) is 0 Å². The van der Waals surface area contributed by atoms with Gasteiger partial charge in [-0.15, -0.1) is 13.2 Å². The molecule has 2 rings (SSSR count). The lowest BCUT2D eigenvalue weighted by atomic mass is 10.2. The lowest BCUT2D eigenvalue weighted by Crippen LogP contribution is -2.17. The molecule has 0 amide bonds. The normalized spacial score (nSPS) is 11.1. The Hall–Kier alpha value is -2.88. The van der Waals surface area contributed by atoms with Gasteiger partial charge in [0.2, 0.25) is 0 Å². The molecule has 0 aliphatic carbocycles. The molecule has 124 valence electrons. The summed E-state index contributed by atoms with van der Waals surface area (Å²) in [6.07, 6.45) is -4.76. The van der Waals surface area contributed by atoms with Crippen molar-refractivity contribution in [3.63, 3.8) is 0 Å². The molecule has 7 N–H and O–H groups in total. The molecule has 1 aromatic heterocycles. The number of hydrogen-bond donors (Lipinski definition) is 4. The first kappa shape index (κ1) is 16.5. The average molecular weight is 329 g/mol. The number of hydrazine groups is 1. The zero-order valence-electron chi connectivity index (χ0n) is 11.7. The summed E-state index contributed by atoms with van der Waals surface area (Å²) in [5.41, 5.74) is 14.2. The Morgan fingerprint density at radius 1 is 1.17 bits per heavy atom. The number of anilines is 3. The van der Waals surface area contributed by atoms with Crippen LogP contribution in [0.1, 0.15) is 5.56 Å². The minimum Gasteiger partial charge on any atom is -0.486 e. The van der Waals surface area contributed by atoms with Gasteiger partial charge < -0.3 is 26.4 Å². The summed E-state index contributed by atoms with van der Waals surface area (Å²) in [7, 11) is 0. The van der Waals surface area contributed by atoms with E-state index in [0.717, 1.165) is 0 Å². The number of pyridine rings is 1.